The van der Waals surface area contributed by atoms with Crippen molar-refractivity contribution >= 4 is 10.9 Å². The smallest absolute Gasteiger partial charge is 0.124 e. The normalized spacial score (nSPS) is 12.0. The maximum absolute atomic E-state index is 6.42. The lowest BCUT2D eigenvalue weighted by Crippen LogP contribution is -2.08. The van der Waals surface area contributed by atoms with Crippen LogP contribution in [0.4, 0.5) is 0 Å². The summed E-state index contributed by atoms with van der Waals surface area (Å²) in [6.45, 7) is 0.521. The van der Waals surface area contributed by atoms with Crippen LogP contribution in [0.2, 0.25) is 0 Å². The molecule has 2 aromatic heterocycles. The summed E-state index contributed by atoms with van der Waals surface area (Å²) in [5.74, 6) is 0.827. The van der Waals surface area contributed by atoms with E-state index in [1.165, 1.54) is 16.5 Å². The van der Waals surface area contributed by atoms with E-state index in [1.807, 2.05) is 30.5 Å². The third-order valence-electron chi connectivity index (χ3n) is 6.49. The summed E-state index contributed by atoms with van der Waals surface area (Å²) >= 11 is 0. The first kappa shape index (κ1) is 21.1. The molecule has 0 amide bonds. The summed E-state index contributed by atoms with van der Waals surface area (Å²) in [4.78, 5) is 7.26. The summed E-state index contributed by atoms with van der Waals surface area (Å²) < 4.78 is 6.42. The van der Waals surface area contributed by atoms with Crippen molar-refractivity contribution in [2.75, 3.05) is 0 Å². The van der Waals surface area contributed by atoms with E-state index in [0.29, 0.717) is 6.61 Å². The topological polar surface area (TPSA) is 40.8 Å². The average Bonchev–Trinajstić information content (AvgIpc) is 3.58. The Labute approximate surface area is 205 Å². The first-order valence-corrected chi connectivity index (χ1v) is 11.9. The van der Waals surface area contributed by atoms with E-state index in [9.17, 15) is 0 Å². The van der Waals surface area contributed by atoms with Gasteiger partial charge in [0.2, 0.25) is 0 Å². The van der Waals surface area contributed by atoms with E-state index < -0.39 is 0 Å². The van der Waals surface area contributed by atoms with Crippen LogP contribution in [-0.2, 0) is 6.61 Å². The zero-order valence-corrected chi connectivity index (χ0v) is 19.3. The monoisotopic (exact) mass is 454 g/mol. The molecule has 6 aromatic rings. The number of hydrogen-bond acceptors (Lipinski definition) is 1. The minimum Gasteiger partial charge on any atom is -0.489 e. The molecule has 0 fully saturated rings. The number of nitrogens with one attached hydrogen (secondary N) is 2. The summed E-state index contributed by atoms with van der Waals surface area (Å²) in [6.07, 6.45) is 1.99. The van der Waals surface area contributed by atoms with Crippen LogP contribution < -0.4 is 4.74 Å². The van der Waals surface area contributed by atoms with Gasteiger partial charge in [-0.2, -0.15) is 0 Å². The van der Waals surface area contributed by atoms with Crippen LogP contribution in [-0.4, -0.2) is 9.97 Å². The molecule has 3 nitrogen and oxygen atoms in total. The highest BCUT2D eigenvalue weighted by molar-refractivity contribution is 5.98. The number of hydrogen-bond donors (Lipinski definition) is 2. The van der Waals surface area contributed by atoms with Crippen LogP contribution in [0.3, 0.4) is 0 Å². The van der Waals surface area contributed by atoms with Crippen LogP contribution in [0.1, 0.15) is 28.4 Å². The Balaban J connectivity index is 1.53. The molecule has 0 aliphatic carbocycles. The molecule has 2 heterocycles. The molecule has 3 heteroatoms. The average molecular weight is 455 g/mol. The maximum Gasteiger partial charge on any atom is 0.124 e. The Kier molecular flexibility index (Phi) is 5.65. The number of ether oxygens (including phenoxy) is 1. The molecule has 170 valence electrons. The van der Waals surface area contributed by atoms with E-state index in [1.54, 1.807) is 0 Å². The van der Waals surface area contributed by atoms with Crippen LogP contribution in [0.15, 0.2) is 128 Å². The lowest BCUT2D eigenvalue weighted by atomic mass is 9.87. The van der Waals surface area contributed by atoms with Crippen molar-refractivity contribution in [1.29, 1.82) is 0 Å². The predicted molar refractivity (Wildman–Crippen MR) is 143 cm³/mol. The van der Waals surface area contributed by atoms with E-state index in [4.69, 9.17) is 4.74 Å². The lowest BCUT2D eigenvalue weighted by molar-refractivity contribution is 0.302. The molecule has 1 unspecified atom stereocenters. The molecule has 4 aromatic carbocycles. The number of benzene rings is 4. The van der Waals surface area contributed by atoms with Crippen molar-refractivity contribution in [1.82, 2.24) is 9.97 Å². The Bertz CT molecular complexity index is 1530. The highest BCUT2D eigenvalue weighted by atomic mass is 16.5. The minimum absolute atomic E-state index is 0.0559. The van der Waals surface area contributed by atoms with Crippen LogP contribution in [0, 0.1) is 0 Å². The first-order valence-electron chi connectivity index (χ1n) is 11.9. The third kappa shape index (κ3) is 4.13. The fourth-order valence-electron chi connectivity index (χ4n) is 4.88. The predicted octanol–water partition coefficient (Wildman–Crippen LogP) is 7.92. The molecule has 2 N–H and O–H groups in total. The number of aromatic amines is 2. The molecular weight excluding hydrogens is 428 g/mol. The molecule has 0 saturated carbocycles. The second-order valence-corrected chi connectivity index (χ2v) is 8.70. The molecule has 0 radical (unpaired) electrons. The van der Waals surface area contributed by atoms with Crippen LogP contribution in [0.25, 0.3) is 22.0 Å². The van der Waals surface area contributed by atoms with Gasteiger partial charge < -0.3 is 14.7 Å². The summed E-state index contributed by atoms with van der Waals surface area (Å²) in [6, 6.07) is 42.0. The Hall–Kier alpha value is -4.50. The van der Waals surface area contributed by atoms with Gasteiger partial charge in [0.1, 0.15) is 12.4 Å². The lowest BCUT2D eigenvalue weighted by Gasteiger charge is -2.21. The van der Waals surface area contributed by atoms with Gasteiger partial charge >= 0.3 is 0 Å². The van der Waals surface area contributed by atoms with Gasteiger partial charge in [-0.25, -0.2) is 0 Å². The Morgan fingerprint density at radius 3 is 2.17 bits per heavy atom. The van der Waals surface area contributed by atoms with Crippen molar-refractivity contribution in [3.05, 3.63) is 150 Å². The number of rotatable bonds is 7. The molecule has 0 aliphatic rings. The van der Waals surface area contributed by atoms with E-state index >= 15 is 0 Å². The van der Waals surface area contributed by atoms with Gasteiger partial charge in [0.15, 0.2) is 0 Å². The Morgan fingerprint density at radius 1 is 0.657 bits per heavy atom. The van der Waals surface area contributed by atoms with Crippen molar-refractivity contribution < 1.29 is 4.74 Å². The zero-order valence-electron chi connectivity index (χ0n) is 19.3. The molecule has 0 spiro atoms. The standard InChI is InChI=1S/C32H26N2O/c1-3-12-23(13-4-1)22-35-29-20-10-8-17-26(29)31(28-19-11-21-33-28)32-30(24-14-5-2-6-15-24)25-16-7-9-18-27(25)34-32/h1-21,31,33-34H,22H2. The van der Waals surface area contributed by atoms with Crippen molar-refractivity contribution in [2.45, 2.75) is 12.5 Å². The summed E-state index contributed by atoms with van der Waals surface area (Å²) in [5.41, 5.74) is 8.07. The highest BCUT2D eigenvalue weighted by Crippen LogP contribution is 2.43. The molecule has 0 saturated heterocycles. The van der Waals surface area contributed by atoms with E-state index in [0.717, 1.165) is 33.8 Å². The van der Waals surface area contributed by atoms with Crippen molar-refractivity contribution in [3.8, 4) is 16.9 Å². The second-order valence-electron chi connectivity index (χ2n) is 8.70. The number of H-pyrrole nitrogens is 2. The van der Waals surface area contributed by atoms with Gasteiger partial charge in [-0.1, -0.05) is 97.1 Å². The third-order valence-corrected chi connectivity index (χ3v) is 6.49. The van der Waals surface area contributed by atoms with Gasteiger partial charge in [0.05, 0.1) is 5.92 Å². The quantitative estimate of drug-likeness (QED) is 0.253. The Morgan fingerprint density at radius 2 is 1.37 bits per heavy atom. The SMILES string of the molecule is c1ccc(COc2ccccc2C(c2ccc[nH]2)c2[nH]c3ccccc3c2-c2ccccc2)cc1. The minimum atomic E-state index is -0.0559. The maximum atomic E-state index is 6.42. The fraction of sp³-hybridized carbons (Fsp3) is 0.0625. The van der Waals surface area contributed by atoms with E-state index in [2.05, 4.69) is 107 Å². The van der Waals surface area contributed by atoms with Gasteiger partial charge in [0, 0.05) is 39.6 Å². The summed E-state index contributed by atoms with van der Waals surface area (Å²) in [7, 11) is 0. The highest BCUT2D eigenvalue weighted by Gasteiger charge is 2.27. The van der Waals surface area contributed by atoms with Crippen LogP contribution in [0.5, 0.6) is 5.75 Å². The van der Waals surface area contributed by atoms with Gasteiger partial charge in [-0.05, 0) is 35.4 Å². The van der Waals surface area contributed by atoms with Crippen LogP contribution >= 0.6 is 0 Å². The second kappa shape index (κ2) is 9.40. The molecule has 0 aliphatic heterocycles. The van der Waals surface area contributed by atoms with Crippen molar-refractivity contribution in [2.24, 2.45) is 0 Å². The number of para-hydroxylation sites is 2. The summed E-state index contributed by atoms with van der Waals surface area (Å²) in [5, 5.41) is 1.22. The van der Waals surface area contributed by atoms with Gasteiger partial charge in [-0.15, -0.1) is 0 Å². The number of aromatic nitrogens is 2. The fourth-order valence-corrected chi connectivity index (χ4v) is 4.88. The molecule has 0 bridgehead atoms. The van der Waals surface area contributed by atoms with Gasteiger partial charge in [0.25, 0.3) is 0 Å². The molecule has 1 atom stereocenters. The molecular formula is C32H26N2O. The largest absolute Gasteiger partial charge is 0.489 e. The first-order chi connectivity index (χ1) is 17.4. The molecule has 6 rings (SSSR count). The molecule has 35 heavy (non-hydrogen) atoms. The van der Waals surface area contributed by atoms with Gasteiger partial charge in [-0.3, -0.25) is 0 Å². The number of fused-ring (bicyclic) bond motifs is 1. The van der Waals surface area contributed by atoms with Crippen molar-refractivity contribution in [3.63, 3.8) is 0 Å². The van der Waals surface area contributed by atoms with E-state index in [-0.39, 0.29) is 5.92 Å². The zero-order chi connectivity index (χ0) is 23.5.